The van der Waals surface area contributed by atoms with E-state index >= 15 is 0 Å². The third kappa shape index (κ3) is 4.30. The standard InChI is InChI=1S/C17H18FNO3/c1-2-21-17(20)11-15(19)12-8-9-14(18)16(10-12)22-13-6-4-3-5-7-13/h3-10,15H,2,11,19H2,1H3/p+1/t15-/m1/s1. The van der Waals surface area contributed by atoms with Gasteiger partial charge in [0.25, 0.3) is 0 Å². The summed E-state index contributed by atoms with van der Waals surface area (Å²) < 4.78 is 24.3. The summed E-state index contributed by atoms with van der Waals surface area (Å²) >= 11 is 0. The van der Waals surface area contributed by atoms with Crippen LogP contribution in [0, 0.1) is 5.82 Å². The maximum atomic E-state index is 13.9. The lowest BCUT2D eigenvalue weighted by molar-refractivity contribution is -0.425. The molecule has 2 aromatic rings. The zero-order chi connectivity index (χ0) is 15.9. The normalized spacial score (nSPS) is 11.8. The van der Waals surface area contributed by atoms with E-state index in [0.717, 1.165) is 5.56 Å². The Balaban J connectivity index is 2.14. The van der Waals surface area contributed by atoms with E-state index in [1.165, 1.54) is 6.07 Å². The van der Waals surface area contributed by atoms with Gasteiger partial charge in [-0.1, -0.05) is 18.2 Å². The van der Waals surface area contributed by atoms with E-state index in [1.54, 1.807) is 31.2 Å². The van der Waals surface area contributed by atoms with Gasteiger partial charge in [-0.15, -0.1) is 0 Å². The van der Waals surface area contributed by atoms with Gasteiger partial charge in [-0.25, -0.2) is 4.39 Å². The first-order valence-electron chi connectivity index (χ1n) is 7.11. The van der Waals surface area contributed by atoms with Gasteiger partial charge < -0.3 is 15.2 Å². The summed E-state index contributed by atoms with van der Waals surface area (Å²) in [5.41, 5.74) is 4.65. The molecule has 0 bridgehead atoms. The van der Waals surface area contributed by atoms with Gasteiger partial charge in [0, 0.05) is 5.56 Å². The number of hydrogen-bond acceptors (Lipinski definition) is 3. The van der Waals surface area contributed by atoms with Crippen LogP contribution in [0.1, 0.15) is 24.9 Å². The number of carbonyl (C=O) groups is 1. The van der Waals surface area contributed by atoms with Crippen molar-refractivity contribution < 1.29 is 24.4 Å². The van der Waals surface area contributed by atoms with Crippen LogP contribution in [0.25, 0.3) is 0 Å². The summed E-state index contributed by atoms with van der Waals surface area (Å²) in [4.78, 5) is 11.5. The van der Waals surface area contributed by atoms with Crippen LogP contribution >= 0.6 is 0 Å². The number of quaternary nitrogens is 1. The third-order valence-corrected chi connectivity index (χ3v) is 3.12. The first kappa shape index (κ1) is 16.0. The number of ether oxygens (including phenoxy) is 2. The van der Waals surface area contributed by atoms with Gasteiger partial charge in [0.2, 0.25) is 0 Å². The lowest BCUT2D eigenvalue weighted by Crippen LogP contribution is -2.54. The Morgan fingerprint density at radius 3 is 2.64 bits per heavy atom. The fourth-order valence-electron chi connectivity index (χ4n) is 2.01. The van der Waals surface area contributed by atoms with Crippen molar-refractivity contribution in [3.8, 4) is 11.5 Å². The van der Waals surface area contributed by atoms with Crippen molar-refractivity contribution in [2.45, 2.75) is 19.4 Å². The molecule has 3 N–H and O–H groups in total. The summed E-state index contributed by atoms with van der Waals surface area (Å²) in [5, 5.41) is 0. The minimum atomic E-state index is -0.462. The van der Waals surface area contributed by atoms with Crippen molar-refractivity contribution in [1.29, 1.82) is 0 Å². The van der Waals surface area contributed by atoms with Crippen LogP contribution < -0.4 is 10.5 Å². The Labute approximate surface area is 128 Å². The van der Waals surface area contributed by atoms with E-state index in [4.69, 9.17) is 9.47 Å². The number of para-hydroxylation sites is 1. The molecule has 0 radical (unpaired) electrons. The molecule has 116 valence electrons. The van der Waals surface area contributed by atoms with Gasteiger partial charge in [0.05, 0.1) is 6.61 Å². The highest BCUT2D eigenvalue weighted by molar-refractivity contribution is 5.70. The Bertz CT molecular complexity index is 631. The van der Waals surface area contributed by atoms with Crippen molar-refractivity contribution >= 4 is 5.97 Å². The van der Waals surface area contributed by atoms with E-state index < -0.39 is 5.82 Å². The molecular weight excluding hydrogens is 285 g/mol. The van der Waals surface area contributed by atoms with Crippen molar-refractivity contribution in [2.24, 2.45) is 0 Å². The van der Waals surface area contributed by atoms with E-state index in [1.807, 2.05) is 18.2 Å². The average molecular weight is 304 g/mol. The van der Waals surface area contributed by atoms with E-state index in [0.29, 0.717) is 12.4 Å². The maximum Gasteiger partial charge on any atom is 0.312 e. The van der Waals surface area contributed by atoms with E-state index in [9.17, 15) is 9.18 Å². The number of halogens is 1. The quantitative estimate of drug-likeness (QED) is 0.835. The summed E-state index contributed by atoms with van der Waals surface area (Å²) in [6, 6.07) is 13.1. The van der Waals surface area contributed by atoms with Crippen LogP contribution in [0.2, 0.25) is 0 Å². The number of rotatable bonds is 6. The lowest BCUT2D eigenvalue weighted by Gasteiger charge is -2.12. The Morgan fingerprint density at radius 2 is 1.95 bits per heavy atom. The molecule has 0 spiro atoms. The summed E-state index contributed by atoms with van der Waals surface area (Å²) in [5.74, 6) is -0.126. The largest absolute Gasteiger partial charge is 0.466 e. The zero-order valence-corrected chi connectivity index (χ0v) is 12.4. The molecule has 0 saturated carbocycles. The van der Waals surface area contributed by atoms with Crippen LogP contribution in [-0.2, 0) is 9.53 Å². The molecule has 0 amide bonds. The van der Waals surface area contributed by atoms with E-state index in [-0.39, 0.29) is 24.2 Å². The fraction of sp³-hybridized carbons (Fsp3) is 0.235. The molecular formula is C17H19FNO3+. The number of hydrogen-bond donors (Lipinski definition) is 1. The highest BCUT2D eigenvalue weighted by atomic mass is 19.1. The molecule has 0 heterocycles. The van der Waals surface area contributed by atoms with Crippen molar-refractivity contribution in [2.75, 3.05) is 6.61 Å². The first-order valence-corrected chi connectivity index (χ1v) is 7.11. The topological polar surface area (TPSA) is 63.2 Å². The molecule has 0 unspecified atom stereocenters. The molecule has 0 aromatic heterocycles. The van der Waals surface area contributed by atoms with Crippen molar-refractivity contribution in [1.82, 2.24) is 0 Å². The van der Waals surface area contributed by atoms with Gasteiger partial charge >= 0.3 is 5.97 Å². The monoisotopic (exact) mass is 304 g/mol. The smallest absolute Gasteiger partial charge is 0.312 e. The Hall–Kier alpha value is -2.40. The molecule has 0 saturated heterocycles. The first-order chi connectivity index (χ1) is 10.6. The van der Waals surface area contributed by atoms with Crippen LogP contribution in [0.4, 0.5) is 4.39 Å². The Morgan fingerprint density at radius 1 is 1.23 bits per heavy atom. The van der Waals surface area contributed by atoms with Gasteiger partial charge in [0.15, 0.2) is 11.6 Å². The van der Waals surface area contributed by atoms with Crippen molar-refractivity contribution in [3.05, 3.63) is 59.9 Å². The maximum absolute atomic E-state index is 13.9. The van der Waals surface area contributed by atoms with Gasteiger partial charge in [-0.05, 0) is 37.3 Å². The number of esters is 1. The highest BCUT2D eigenvalue weighted by Gasteiger charge is 2.18. The van der Waals surface area contributed by atoms with Crippen LogP contribution in [-0.4, -0.2) is 12.6 Å². The van der Waals surface area contributed by atoms with Gasteiger partial charge in [0.1, 0.15) is 18.2 Å². The molecule has 0 aliphatic heterocycles. The fourth-order valence-corrected chi connectivity index (χ4v) is 2.01. The molecule has 22 heavy (non-hydrogen) atoms. The second-order valence-electron chi connectivity index (χ2n) is 4.81. The summed E-state index contributed by atoms with van der Waals surface area (Å²) in [6.45, 7) is 2.08. The molecule has 2 aromatic carbocycles. The predicted molar refractivity (Wildman–Crippen MR) is 79.8 cm³/mol. The molecule has 5 heteroatoms. The molecule has 4 nitrogen and oxygen atoms in total. The van der Waals surface area contributed by atoms with Crippen LogP contribution in [0.5, 0.6) is 11.5 Å². The number of benzene rings is 2. The molecule has 0 aliphatic carbocycles. The van der Waals surface area contributed by atoms with Crippen LogP contribution in [0.15, 0.2) is 48.5 Å². The average Bonchev–Trinajstić information content (AvgIpc) is 2.50. The minimum absolute atomic E-state index is 0.112. The second-order valence-corrected chi connectivity index (χ2v) is 4.81. The second kappa shape index (κ2) is 7.56. The lowest BCUT2D eigenvalue weighted by atomic mass is 10.0. The summed E-state index contributed by atoms with van der Waals surface area (Å²) in [7, 11) is 0. The third-order valence-electron chi connectivity index (χ3n) is 3.12. The van der Waals surface area contributed by atoms with E-state index in [2.05, 4.69) is 5.73 Å². The summed E-state index contributed by atoms with van der Waals surface area (Å²) in [6.07, 6.45) is 0.143. The van der Waals surface area contributed by atoms with Crippen LogP contribution in [0.3, 0.4) is 0 Å². The Kier molecular flexibility index (Phi) is 5.49. The van der Waals surface area contributed by atoms with Gasteiger partial charge in [-0.2, -0.15) is 0 Å². The molecule has 0 fully saturated rings. The molecule has 1 atom stereocenters. The predicted octanol–water partition coefficient (Wildman–Crippen LogP) is 2.85. The SMILES string of the molecule is CCOC(=O)C[C@@H]([NH3+])c1ccc(F)c(Oc2ccccc2)c1. The minimum Gasteiger partial charge on any atom is -0.466 e. The molecule has 0 aliphatic rings. The highest BCUT2D eigenvalue weighted by Crippen LogP contribution is 2.27. The van der Waals surface area contributed by atoms with Crippen molar-refractivity contribution in [3.63, 3.8) is 0 Å². The molecule has 2 rings (SSSR count). The van der Waals surface area contributed by atoms with Gasteiger partial charge in [-0.3, -0.25) is 4.79 Å². The number of carbonyl (C=O) groups excluding carboxylic acids is 1. The zero-order valence-electron chi connectivity index (χ0n) is 12.4.